The fraction of sp³-hybridized carbons (Fsp3) is 0.222. The van der Waals surface area contributed by atoms with Crippen LogP contribution in [0.25, 0.3) is 0 Å². The number of carbonyl (C=O) groups is 2. The minimum atomic E-state index is -0.298. The molecule has 0 aromatic heterocycles. The Hall–Kier alpha value is -3.02. The van der Waals surface area contributed by atoms with Crippen molar-refractivity contribution in [1.29, 1.82) is 0 Å². The zero-order valence-electron chi connectivity index (χ0n) is 13.3. The first-order chi connectivity index (χ1) is 11.6. The van der Waals surface area contributed by atoms with Crippen molar-refractivity contribution in [2.45, 2.75) is 6.92 Å². The lowest BCUT2D eigenvalue weighted by Crippen LogP contribution is -2.24. The molecule has 0 atom stereocenters. The van der Waals surface area contributed by atoms with Crippen molar-refractivity contribution in [2.75, 3.05) is 25.1 Å². The van der Waals surface area contributed by atoms with Crippen molar-refractivity contribution < 1.29 is 19.1 Å². The first-order valence-corrected chi connectivity index (χ1v) is 7.67. The van der Waals surface area contributed by atoms with Crippen LogP contribution in [0.4, 0.5) is 5.69 Å². The van der Waals surface area contributed by atoms with E-state index in [1.807, 2.05) is 31.2 Å². The molecule has 0 fully saturated rings. The van der Waals surface area contributed by atoms with E-state index in [2.05, 4.69) is 10.6 Å². The van der Waals surface area contributed by atoms with E-state index in [0.717, 1.165) is 5.56 Å². The van der Waals surface area contributed by atoms with Crippen LogP contribution in [0.15, 0.2) is 42.5 Å². The molecular weight excluding hydrogens is 308 g/mol. The largest absolute Gasteiger partial charge is 0.491 e. The Morgan fingerprint density at radius 1 is 1.29 bits per heavy atom. The molecule has 1 aliphatic heterocycles. The summed E-state index contributed by atoms with van der Waals surface area (Å²) in [5, 5.41) is 5.46. The van der Waals surface area contributed by atoms with Gasteiger partial charge in [0.05, 0.1) is 12.1 Å². The molecule has 2 aromatic carbocycles. The maximum absolute atomic E-state index is 12.0. The Morgan fingerprint density at radius 2 is 2.12 bits per heavy atom. The average Bonchev–Trinajstić information content (AvgIpc) is 2.76. The summed E-state index contributed by atoms with van der Waals surface area (Å²) >= 11 is 0. The Balaban J connectivity index is 1.64. The third-order valence-electron chi connectivity index (χ3n) is 3.61. The fourth-order valence-electron chi connectivity index (χ4n) is 2.39. The van der Waals surface area contributed by atoms with Crippen molar-refractivity contribution in [1.82, 2.24) is 5.32 Å². The molecule has 0 spiro atoms. The highest BCUT2D eigenvalue weighted by atomic mass is 16.5. The summed E-state index contributed by atoms with van der Waals surface area (Å²) in [7, 11) is 0. The zero-order chi connectivity index (χ0) is 16.9. The van der Waals surface area contributed by atoms with Crippen LogP contribution in [0.3, 0.4) is 0 Å². The van der Waals surface area contributed by atoms with Gasteiger partial charge < -0.3 is 20.1 Å². The number of aryl methyl sites for hydroxylation is 1. The van der Waals surface area contributed by atoms with Gasteiger partial charge >= 0.3 is 0 Å². The third kappa shape index (κ3) is 3.65. The second-order valence-electron chi connectivity index (χ2n) is 5.42. The highest BCUT2D eigenvalue weighted by molar-refractivity contribution is 6.00. The van der Waals surface area contributed by atoms with Crippen LogP contribution in [0.2, 0.25) is 0 Å². The van der Waals surface area contributed by atoms with Crippen molar-refractivity contribution in [3.8, 4) is 11.5 Å². The molecule has 0 bridgehead atoms. The van der Waals surface area contributed by atoms with Gasteiger partial charge in [0.2, 0.25) is 0 Å². The van der Waals surface area contributed by atoms with Crippen LogP contribution in [-0.4, -0.2) is 31.6 Å². The quantitative estimate of drug-likeness (QED) is 0.902. The standard InChI is InChI=1S/C18H18N2O4/c1-12-4-2-3-5-15(12)24-11-17(21)20-13-6-7-16-14(10-13)18(22)19-8-9-23-16/h2-7,10H,8-9,11H2,1H3,(H,19,22)(H,20,21). The Kier molecular flexibility index (Phi) is 4.65. The van der Waals surface area contributed by atoms with Crippen LogP contribution in [-0.2, 0) is 4.79 Å². The number of rotatable bonds is 4. The van der Waals surface area contributed by atoms with Gasteiger partial charge in [0.25, 0.3) is 11.8 Å². The Labute approximate surface area is 139 Å². The summed E-state index contributed by atoms with van der Waals surface area (Å²) in [4.78, 5) is 24.0. The molecule has 6 nitrogen and oxygen atoms in total. The maximum Gasteiger partial charge on any atom is 0.262 e. The molecule has 24 heavy (non-hydrogen) atoms. The first-order valence-electron chi connectivity index (χ1n) is 7.67. The van der Waals surface area contributed by atoms with Crippen LogP contribution in [0.5, 0.6) is 11.5 Å². The number of amides is 2. The van der Waals surface area contributed by atoms with Crippen molar-refractivity contribution in [2.24, 2.45) is 0 Å². The molecule has 2 aromatic rings. The SMILES string of the molecule is Cc1ccccc1OCC(=O)Nc1ccc2c(c1)C(=O)NCCO2. The normalized spacial score (nSPS) is 13.1. The summed E-state index contributed by atoms with van der Waals surface area (Å²) < 4.78 is 11.0. The smallest absolute Gasteiger partial charge is 0.262 e. The molecule has 6 heteroatoms. The zero-order valence-corrected chi connectivity index (χ0v) is 13.3. The van der Waals surface area contributed by atoms with E-state index in [-0.39, 0.29) is 18.4 Å². The summed E-state index contributed by atoms with van der Waals surface area (Å²) in [5.74, 6) is 0.671. The number of benzene rings is 2. The van der Waals surface area contributed by atoms with Crippen molar-refractivity contribution >= 4 is 17.5 Å². The molecule has 2 amide bonds. The second kappa shape index (κ2) is 7.04. The molecule has 3 rings (SSSR count). The molecule has 0 unspecified atom stereocenters. The topological polar surface area (TPSA) is 76.7 Å². The number of ether oxygens (including phenoxy) is 2. The Morgan fingerprint density at radius 3 is 2.96 bits per heavy atom. The number of carbonyl (C=O) groups excluding carboxylic acids is 2. The number of nitrogens with one attached hydrogen (secondary N) is 2. The number of fused-ring (bicyclic) bond motifs is 1. The molecule has 0 radical (unpaired) electrons. The van der Waals surface area contributed by atoms with Crippen molar-refractivity contribution in [3.63, 3.8) is 0 Å². The number of hydrogen-bond donors (Lipinski definition) is 2. The monoisotopic (exact) mass is 326 g/mol. The van der Waals surface area contributed by atoms with Gasteiger partial charge in [-0.25, -0.2) is 0 Å². The molecule has 0 saturated carbocycles. The highest BCUT2D eigenvalue weighted by Crippen LogP contribution is 2.24. The molecule has 0 saturated heterocycles. The number of hydrogen-bond acceptors (Lipinski definition) is 4. The summed E-state index contributed by atoms with van der Waals surface area (Å²) in [6.07, 6.45) is 0. The summed E-state index contributed by atoms with van der Waals surface area (Å²) in [5.41, 5.74) is 1.89. The third-order valence-corrected chi connectivity index (χ3v) is 3.61. The van der Waals surface area contributed by atoms with E-state index >= 15 is 0 Å². The van der Waals surface area contributed by atoms with Crippen molar-refractivity contribution in [3.05, 3.63) is 53.6 Å². The maximum atomic E-state index is 12.0. The van der Waals surface area contributed by atoms with Gasteiger partial charge in [0.15, 0.2) is 6.61 Å². The molecular formula is C18H18N2O4. The molecule has 1 heterocycles. The van der Waals surface area contributed by atoms with Gasteiger partial charge in [-0.05, 0) is 36.8 Å². The minimum absolute atomic E-state index is 0.107. The minimum Gasteiger partial charge on any atom is -0.491 e. The van der Waals surface area contributed by atoms with Gasteiger partial charge in [-0.2, -0.15) is 0 Å². The van der Waals surface area contributed by atoms with E-state index in [9.17, 15) is 9.59 Å². The number of anilines is 1. The molecule has 2 N–H and O–H groups in total. The van der Waals surface area contributed by atoms with Crippen LogP contribution in [0.1, 0.15) is 15.9 Å². The molecule has 124 valence electrons. The summed E-state index contributed by atoms with van der Waals surface area (Å²) in [6, 6.07) is 12.5. The molecule has 0 aliphatic carbocycles. The number of para-hydroxylation sites is 1. The van der Waals surface area contributed by atoms with Crippen LogP contribution >= 0.6 is 0 Å². The van der Waals surface area contributed by atoms with Gasteiger partial charge in [-0.1, -0.05) is 18.2 Å². The lowest BCUT2D eigenvalue weighted by Gasteiger charge is -2.11. The van der Waals surface area contributed by atoms with Gasteiger partial charge in [-0.3, -0.25) is 9.59 Å². The van der Waals surface area contributed by atoms with Gasteiger partial charge in [0, 0.05) is 5.69 Å². The van der Waals surface area contributed by atoms with E-state index in [0.29, 0.717) is 35.9 Å². The van der Waals surface area contributed by atoms with Crippen LogP contribution < -0.4 is 20.1 Å². The first kappa shape index (κ1) is 15.9. The molecule has 1 aliphatic rings. The van der Waals surface area contributed by atoms with Crippen LogP contribution in [0, 0.1) is 6.92 Å². The Bertz CT molecular complexity index is 773. The van der Waals surface area contributed by atoms with Gasteiger partial charge in [0.1, 0.15) is 18.1 Å². The second-order valence-corrected chi connectivity index (χ2v) is 5.42. The lowest BCUT2D eigenvalue weighted by atomic mass is 10.1. The highest BCUT2D eigenvalue weighted by Gasteiger charge is 2.17. The van der Waals surface area contributed by atoms with E-state index < -0.39 is 0 Å². The van der Waals surface area contributed by atoms with E-state index in [4.69, 9.17) is 9.47 Å². The predicted molar refractivity (Wildman–Crippen MR) is 89.6 cm³/mol. The lowest BCUT2D eigenvalue weighted by molar-refractivity contribution is -0.118. The average molecular weight is 326 g/mol. The predicted octanol–water partition coefficient (Wildman–Crippen LogP) is 2.13. The van der Waals surface area contributed by atoms with E-state index in [1.54, 1.807) is 18.2 Å². The van der Waals surface area contributed by atoms with E-state index in [1.165, 1.54) is 0 Å². The van der Waals surface area contributed by atoms with Gasteiger partial charge in [-0.15, -0.1) is 0 Å². The fourth-order valence-corrected chi connectivity index (χ4v) is 2.39. The summed E-state index contributed by atoms with van der Waals surface area (Å²) in [6.45, 7) is 2.69.